The Bertz CT molecular complexity index is 247. The van der Waals surface area contributed by atoms with Crippen LogP contribution in [0.3, 0.4) is 0 Å². The molecule has 0 aromatic heterocycles. The van der Waals surface area contributed by atoms with Gasteiger partial charge in [0, 0.05) is 11.5 Å². The lowest BCUT2D eigenvalue weighted by Gasteiger charge is -2.08. The Kier molecular flexibility index (Phi) is 3.62. The van der Waals surface area contributed by atoms with Crippen LogP contribution in [0.4, 0.5) is 0 Å². The Balaban J connectivity index is 2.13. The number of thioether (sulfide) groups is 2. The highest BCUT2D eigenvalue weighted by Gasteiger charge is 2.00. The molecular weight excluding hydrogens is 196 g/mol. The highest BCUT2D eigenvalue weighted by atomic mass is 32.2. The third-order valence-corrected chi connectivity index (χ3v) is 4.34. The van der Waals surface area contributed by atoms with Crippen LogP contribution in [0.2, 0.25) is 0 Å². The Labute approximate surface area is 88.5 Å². The Morgan fingerprint density at radius 1 is 0.923 bits per heavy atom. The van der Waals surface area contributed by atoms with Crippen molar-refractivity contribution < 1.29 is 0 Å². The third-order valence-electron chi connectivity index (χ3n) is 2.11. The largest absolute Gasteiger partial charge is 0.157 e. The van der Waals surface area contributed by atoms with Crippen molar-refractivity contribution in [2.75, 3.05) is 11.5 Å². The Morgan fingerprint density at radius 3 is 2.15 bits per heavy atom. The molecule has 1 heterocycles. The lowest BCUT2D eigenvalue weighted by molar-refractivity contribution is 1.11. The van der Waals surface area contributed by atoms with Gasteiger partial charge >= 0.3 is 0 Å². The summed E-state index contributed by atoms with van der Waals surface area (Å²) >= 11 is 4.12. The van der Waals surface area contributed by atoms with Crippen LogP contribution in [0, 0.1) is 0 Å². The molecule has 0 fully saturated rings. The van der Waals surface area contributed by atoms with Crippen molar-refractivity contribution in [1.82, 2.24) is 0 Å². The van der Waals surface area contributed by atoms with E-state index in [0.717, 1.165) is 0 Å². The summed E-state index contributed by atoms with van der Waals surface area (Å²) in [5.74, 6) is 5.02. The van der Waals surface area contributed by atoms with Crippen LogP contribution in [-0.4, -0.2) is 11.5 Å². The molecule has 1 aliphatic rings. The molecule has 0 spiro atoms. The molecule has 0 radical (unpaired) electrons. The highest BCUT2D eigenvalue weighted by Crippen LogP contribution is 2.21. The molecule has 1 aromatic rings. The molecule has 13 heavy (non-hydrogen) atoms. The number of benzene rings is 1. The van der Waals surface area contributed by atoms with E-state index in [1.807, 2.05) is 0 Å². The number of hydrogen-bond donors (Lipinski definition) is 0. The summed E-state index contributed by atoms with van der Waals surface area (Å²) in [5.41, 5.74) is 2.98. The van der Waals surface area contributed by atoms with Crippen molar-refractivity contribution in [2.24, 2.45) is 0 Å². The van der Waals surface area contributed by atoms with Gasteiger partial charge in [-0.25, -0.2) is 0 Å². The zero-order chi connectivity index (χ0) is 8.93. The van der Waals surface area contributed by atoms with Crippen molar-refractivity contribution in [3.63, 3.8) is 0 Å². The molecule has 70 valence electrons. The molecule has 0 amide bonds. The molecule has 2 heteroatoms. The fraction of sp³-hybridized carbons (Fsp3) is 0.455. The van der Waals surface area contributed by atoms with Gasteiger partial charge in [-0.3, -0.25) is 0 Å². The minimum Gasteiger partial charge on any atom is -0.157 e. The van der Waals surface area contributed by atoms with E-state index < -0.39 is 0 Å². The minimum absolute atomic E-state index is 1.19. The fourth-order valence-corrected chi connectivity index (χ4v) is 3.45. The molecule has 0 atom stereocenters. The van der Waals surface area contributed by atoms with Crippen LogP contribution in [0.1, 0.15) is 17.5 Å². The van der Waals surface area contributed by atoms with Crippen molar-refractivity contribution in [1.29, 1.82) is 0 Å². The zero-order valence-corrected chi connectivity index (χ0v) is 9.29. The Morgan fingerprint density at radius 2 is 1.54 bits per heavy atom. The molecule has 2 bridgehead atoms. The van der Waals surface area contributed by atoms with E-state index in [0.29, 0.717) is 0 Å². The summed E-state index contributed by atoms with van der Waals surface area (Å²) < 4.78 is 0. The lowest BCUT2D eigenvalue weighted by Crippen LogP contribution is -1.92. The van der Waals surface area contributed by atoms with Gasteiger partial charge in [0.05, 0.1) is 0 Å². The first-order valence-electron chi connectivity index (χ1n) is 4.68. The van der Waals surface area contributed by atoms with E-state index in [1.165, 1.54) is 40.6 Å². The van der Waals surface area contributed by atoms with Gasteiger partial charge in [0.2, 0.25) is 0 Å². The fourth-order valence-electron chi connectivity index (χ4n) is 1.45. The summed E-state index contributed by atoms with van der Waals surface area (Å²) in [6.45, 7) is 0. The first kappa shape index (κ1) is 9.47. The second kappa shape index (κ2) is 4.97. The van der Waals surface area contributed by atoms with Crippen molar-refractivity contribution in [3.8, 4) is 0 Å². The summed E-state index contributed by atoms with van der Waals surface area (Å²) in [4.78, 5) is 0. The molecule has 0 nitrogen and oxygen atoms in total. The van der Waals surface area contributed by atoms with Crippen LogP contribution >= 0.6 is 23.5 Å². The summed E-state index contributed by atoms with van der Waals surface area (Å²) in [6, 6.07) is 9.02. The van der Waals surface area contributed by atoms with Gasteiger partial charge in [0.15, 0.2) is 0 Å². The maximum atomic E-state index is 2.35. The summed E-state index contributed by atoms with van der Waals surface area (Å²) in [5, 5.41) is 0. The first-order chi connectivity index (χ1) is 6.45. The maximum absolute atomic E-state index is 2.35. The normalized spacial score (nSPS) is 18.2. The van der Waals surface area contributed by atoms with Crippen molar-refractivity contribution in [2.45, 2.75) is 17.9 Å². The van der Waals surface area contributed by atoms with Crippen LogP contribution < -0.4 is 0 Å². The predicted molar refractivity (Wildman–Crippen MR) is 63.4 cm³/mol. The van der Waals surface area contributed by atoms with E-state index in [-0.39, 0.29) is 0 Å². The topological polar surface area (TPSA) is 0 Å². The number of fused-ring (bicyclic) bond motifs is 2. The van der Waals surface area contributed by atoms with E-state index in [4.69, 9.17) is 0 Å². The quantitative estimate of drug-likeness (QED) is 0.642. The molecule has 1 aliphatic heterocycles. The Hall–Kier alpha value is -0.0800. The SMILES string of the molecule is c1cc2cc(c1)CSCCCSC2. The first-order valence-corrected chi connectivity index (χ1v) is 6.99. The molecule has 0 unspecified atom stereocenters. The van der Waals surface area contributed by atoms with Crippen LogP contribution in [0.15, 0.2) is 24.3 Å². The van der Waals surface area contributed by atoms with E-state index in [9.17, 15) is 0 Å². The van der Waals surface area contributed by atoms with E-state index in [2.05, 4.69) is 47.8 Å². The molecule has 1 aromatic carbocycles. The minimum atomic E-state index is 1.19. The lowest BCUT2D eigenvalue weighted by atomic mass is 10.2. The number of rotatable bonds is 0. The molecule has 0 saturated heterocycles. The molecule has 0 aliphatic carbocycles. The van der Waals surface area contributed by atoms with Gasteiger partial charge in [-0.15, -0.1) is 0 Å². The maximum Gasteiger partial charge on any atom is 0.0184 e. The predicted octanol–water partition coefficient (Wildman–Crippen LogP) is 3.56. The molecule has 0 saturated carbocycles. The summed E-state index contributed by atoms with van der Waals surface area (Å²) in [6.07, 6.45) is 1.36. The van der Waals surface area contributed by atoms with Gasteiger partial charge in [-0.2, -0.15) is 23.5 Å². The van der Waals surface area contributed by atoms with Gasteiger partial charge in [-0.05, 0) is 29.1 Å². The van der Waals surface area contributed by atoms with Crippen LogP contribution in [0.5, 0.6) is 0 Å². The van der Waals surface area contributed by atoms with Gasteiger partial charge in [-0.1, -0.05) is 24.3 Å². The zero-order valence-electron chi connectivity index (χ0n) is 7.66. The third kappa shape index (κ3) is 2.96. The second-order valence-corrected chi connectivity index (χ2v) is 5.49. The van der Waals surface area contributed by atoms with Crippen molar-refractivity contribution >= 4 is 23.5 Å². The standard InChI is InChI=1S/C11H14S2/c1-3-10-7-11(4-1)9-13-6-2-5-12-8-10/h1,3-4,7H,2,5-6,8-9H2. The highest BCUT2D eigenvalue weighted by molar-refractivity contribution is 7.99. The van der Waals surface area contributed by atoms with Gasteiger partial charge in [0.1, 0.15) is 0 Å². The molecule has 2 rings (SSSR count). The van der Waals surface area contributed by atoms with Gasteiger partial charge in [0.25, 0.3) is 0 Å². The molecular formula is C11H14S2. The average Bonchev–Trinajstić information content (AvgIpc) is 2.17. The monoisotopic (exact) mass is 210 g/mol. The number of hydrogen-bond acceptors (Lipinski definition) is 2. The van der Waals surface area contributed by atoms with Crippen molar-refractivity contribution in [3.05, 3.63) is 35.4 Å². The van der Waals surface area contributed by atoms with E-state index in [1.54, 1.807) is 0 Å². The van der Waals surface area contributed by atoms with Crippen LogP contribution in [0.25, 0.3) is 0 Å². The van der Waals surface area contributed by atoms with Gasteiger partial charge < -0.3 is 0 Å². The van der Waals surface area contributed by atoms with E-state index >= 15 is 0 Å². The molecule has 0 N–H and O–H groups in total. The second-order valence-electron chi connectivity index (χ2n) is 3.28. The average molecular weight is 210 g/mol. The smallest absolute Gasteiger partial charge is 0.0184 e. The summed E-state index contributed by atoms with van der Waals surface area (Å²) in [7, 11) is 0. The van der Waals surface area contributed by atoms with Crippen LogP contribution in [-0.2, 0) is 11.5 Å².